The Labute approximate surface area is 127 Å². The summed E-state index contributed by atoms with van der Waals surface area (Å²) in [7, 11) is 1.79. The highest BCUT2D eigenvalue weighted by molar-refractivity contribution is 7.20. The van der Waals surface area contributed by atoms with Crippen LogP contribution in [0, 0.1) is 5.41 Å². The van der Waals surface area contributed by atoms with Gasteiger partial charge in [-0.2, -0.15) is 0 Å². The molecule has 5 nitrogen and oxygen atoms in total. The van der Waals surface area contributed by atoms with Gasteiger partial charge in [0.15, 0.2) is 0 Å². The number of nitrogens with zero attached hydrogens (tertiary/aromatic N) is 2. The molecular weight excluding hydrogens is 288 g/mol. The van der Waals surface area contributed by atoms with Crippen LogP contribution in [-0.4, -0.2) is 39.7 Å². The van der Waals surface area contributed by atoms with Gasteiger partial charge < -0.3 is 10.0 Å². The summed E-state index contributed by atoms with van der Waals surface area (Å²) in [4.78, 5) is 25.9. The van der Waals surface area contributed by atoms with Crippen molar-refractivity contribution in [2.45, 2.75) is 33.7 Å². The lowest BCUT2D eigenvalue weighted by atomic mass is 9.87. The molecule has 0 aliphatic carbocycles. The predicted molar refractivity (Wildman–Crippen MR) is 84.2 cm³/mol. The number of fused-ring (bicyclic) bond motifs is 1. The maximum Gasteiger partial charge on any atom is 0.416 e. The summed E-state index contributed by atoms with van der Waals surface area (Å²) >= 11 is 1.32. The Bertz CT molecular complexity index is 693. The van der Waals surface area contributed by atoms with E-state index in [1.165, 1.54) is 17.5 Å². The van der Waals surface area contributed by atoms with Gasteiger partial charge in [0.2, 0.25) is 0 Å². The predicted octanol–water partition coefficient (Wildman–Crippen LogP) is 3.74. The van der Waals surface area contributed by atoms with Gasteiger partial charge in [0.25, 0.3) is 5.91 Å². The number of hydrogen-bond donors (Lipinski definition) is 1. The second-order valence-electron chi connectivity index (χ2n) is 6.29. The molecule has 2 aromatic rings. The fourth-order valence-electron chi connectivity index (χ4n) is 2.13. The van der Waals surface area contributed by atoms with Crippen molar-refractivity contribution in [2.24, 2.45) is 5.41 Å². The number of rotatable bonds is 2. The van der Waals surface area contributed by atoms with E-state index in [0.29, 0.717) is 10.4 Å². The Morgan fingerprint density at radius 2 is 2.00 bits per heavy atom. The van der Waals surface area contributed by atoms with Gasteiger partial charge in [-0.3, -0.25) is 9.36 Å². The highest BCUT2D eigenvalue weighted by Gasteiger charge is 2.28. The molecule has 2 heterocycles. The third-order valence-electron chi connectivity index (χ3n) is 3.95. The molecule has 1 amide bonds. The van der Waals surface area contributed by atoms with E-state index in [2.05, 4.69) is 20.8 Å². The van der Waals surface area contributed by atoms with E-state index < -0.39 is 6.09 Å². The SMILES string of the molecule is CC(N(C)C(=O)c1cc2c(ccn2C(=O)O)s1)C(C)(C)C. The second kappa shape index (κ2) is 5.18. The van der Waals surface area contributed by atoms with Gasteiger partial charge in [-0.15, -0.1) is 11.3 Å². The lowest BCUT2D eigenvalue weighted by molar-refractivity contribution is 0.0634. The molecule has 114 valence electrons. The molecule has 0 aromatic carbocycles. The lowest BCUT2D eigenvalue weighted by Gasteiger charge is -2.35. The maximum atomic E-state index is 12.6. The van der Waals surface area contributed by atoms with E-state index >= 15 is 0 Å². The first-order valence-electron chi connectivity index (χ1n) is 6.74. The summed E-state index contributed by atoms with van der Waals surface area (Å²) in [5.41, 5.74) is 0.546. The highest BCUT2D eigenvalue weighted by Crippen LogP contribution is 2.30. The largest absolute Gasteiger partial charge is 0.464 e. The minimum Gasteiger partial charge on any atom is -0.464 e. The Kier molecular flexibility index (Phi) is 3.84. The van der Waals surface area contributed by atoms with Crippen molar-refractivity contribution >= 4 is 33.6 Å². The van der Waals surface area contributed by atoms with Crippen LogP contribution in [0.2, 0.25) is 0 Å². The number of carbonyl (C=O) groups is 2. The molecule has 1 unspecified atom stereocenters. The third kappa shape index (κ3) is 2.81. The molecule has 0 radical (unpaired) electrons. The molecule has 21 heavy (non-hydrogen) atoms. The van der Waals surface area contributed by atoms with E-state index in [1.54, 1.807) is 24.1 Å². The van der Waals surface area contributed by atoms with Crippen LogP contribution in [0.4, 0.5) is 4.79 Å². The number of aromatic nitrogens is 1. The van der Waals surface area contributed by atoms with Crippen molar-refractivity contribution < 1.29 is 14.7 Å². The van der Waals surface area contributed by atoms with E-state index in [-0.39, 0.29) is 17.4 Å². The molecule has 0 bridgehead atoms. The van der Waals surface area contributed by atoms with Gasteiger partial charge >= 0.3 is 6.09 Å². The Morgan fingerprint density at radius 3 is 2.52 bits per heavy atom. The molecule has 0 spiro atoms. The number of amides is 1. The van der Waals surface area contributed by atoms with Crippen LogP contribution in [0.25, 0.3) is 10.2 Å². The van der Waals surface area contributed by atoms with Crippen LogP contribution < -0.4 is 0 Å². The molecule has 6 heteroatoms. The maximum absolute atomic E-state index is 12.6. The summed E-state index contributed by atoms with van der Waals surface area (Å²) in [5, 5.41) is 9.10. The lowest BCUT2D eigenvalue weighted by Crippen LogP contribution is -2.42. The monoisotopic (exact) mass is 308 g/mol. The molecule has 1 atom stereocenters. The van der Waals surface area contributed by atoms with Crippen LogP contribution in [0.3, 0.4) is 0 Å². The average Bonchev–Trinajstić information content (AvgIpc) is 2.93. The van der Waals surface area contributed by atoms with Crippen LogP contribution in [0.1, 0.15) is 37.4 Å². The number of carbonyl (C=O) groups excluding carboxylic acids is 1. The van der Waals surface area contributed by atoms with Crippen LogP contribution >= 0.6 is 11.3 Å². The van der Waals surface area contributed by atoms with Gasteiger partial charge in [0, 0.05) is 19.3 Å². The second-order valence-corrected chi connectivity index (χ2v) is 7.37. The Balaban J connectivity index is 2.34. The first kappa shape index (κ1) is 15.6. The van der Waals surface area contributed by atoms with E-state index in [1.807, 2.05) is 6.92 Å². The number of thiophene rings is 1. The standard InChI is InChI=1S/C15H20N2O3S/c1-9(15(2,3)4)16(5)13(18)12-8-10-11(21-12)6-7-17(10)14(19)20/h6-9H,1-5H3,(H,19,20). The third-order valence-corrected chi connectivity index (χ3v) is 5.02. The molecular formula is C15H20N2O3S. The summed E-state index contributed by atoms with van der Waals surface area (Å²) in [6.45, 7) is 8.28. The van der Waals surface area contributed by atoms with Gasteiger partial charge in [-0.25, -0.2) is 4.79 Å². The van der Waals surface area contributed by atoms with Gasteiger partial charge in [0.05, 0.1) is 15.1 Å². The van der Waals surface area contributed by atoms with Crippen molar-refractivity contribution in [3.63, 3.8) is 0 Å². The first-order chi connectivity index (χ1) is 9.62. The zero-order valence-corrected chi connectivity index (χ0v) is 13.7. The smallest absolute Gasteiger partial charge is 0.416 e. The quantitative estimate of drug-likeness (QED) is 0.919. The van der Waals surface area contributed by atoms with Crippen LogP contribution in [-0.2, 0) is 0 Å². The van der Waals surface area contributed by atoms with Crippen molar-refractivity contribution in [3.8, 4) is 0 Å². The zero-order valence-electron chi connectivity index (χ0n) is 12.9. The minimum absolute atomic E-state index is 0.0165. The minimum atomic E-state index is -1.04. The summed E-state index contributed by atoms with van der Waals surface area (Å²) in [5.74, 6) is -0.0736. The number of carboxylic acid groups (broad SMARTS) is 1. The van der Waals surface area contributed by atoms with E-state index in [4.69, 9.17) is 5.11 Å². The molecule has 0 aliphatic heterocycles. The molecule has 2 rings (SSSR count). The summed E-state index contributed by atoms with van der Waals surface area (Å²) < 4.78 is 1.94. The summed E-state index contributed by atoms with van der Waals surface area (Å²) in [6.07, 6.45) is 0.456. The van der Waals surface area contributed by atoms with Crippen molar-refractivity contribution in [1.29, 1.82) is 0 Å². The fourth-order valence-corrected chi connectivity index (χ4v) is 3.16. The molecule has 0 fully saturated rings. The summed E-state index contributed by atoms with van der Waals surface area (Å²) in [6, 6.07) is 3.45. The molecule has 0 saturated carbocycles. The normalized spacial score (nSPS) is 13.4. The molecule has 0 saturated heterocycles. The van der Waals surface area contributed by atoms with Gasteiger partial charge in [-0.1, -0.05) is 20.8 Å². The molecule has 1 N–H and O–H groups in total. The zero-order chi connectivity index (χ0) is 15.9. The van der Waals surface area contributed by atoms with Crippen molar-refractivity contribution in [1.82, 2.24) is 9.47 Å². The van der Waals surface area contributed by atoms with Crippen molar-refractivity contribution in [3.05, 3.63) is 23.2 Å². The van der Waals surface area contributed by atoms with E-state index in [9.17, 15) is 9.59 Å². The van der Waals surface area contributed by atoms with Gasteiger partial charge in [-0.05, 0) is 24.5 Å². The fraction of sp³-hybridized carbons (Fsp3) is 0.467. The van der Waals surface area contributed by atoms with E-state index in [0.717, 1.165) is 9.27 Å². The molecule has 2 aromatic heterocycles. The van der Waals surface area contributed by atoms with Crippen LogP contribution in [0.15, 0.2) is 18.3 Å². The first-order valence-corrected chi connectivity index (χ1v) is 7.56. The highest BCUT2D eigenvalue weighted by atomic mass is 32.1. The Morgan fingerprint density at radius 1 is 1.38 bits per heavy atom. The van der Waals surface area contributed by atoms with Crippen LogP contribution in [0.5, 0.6) is 0 Å². The number of hydrogen-bond acceptors (Lipinski definition) is 3. The average molecular weight is 308 g/mol. The topological polar surface area (TPSA) is 62.5 Å². The Hall–Kier alpha value is -1.82. The molecule has 0 aliphatic rings. The van der Waals surface area contributed by atoms with Crippen molar-refractivity contribution in [2.75, 3.05) is 7.05 Å². The van der Waals surface area contributed by atoms with Gasteiger partial charge in [0.1, 0.15) is 0 Å².